The lowest BCUT2D eigenvalue weighted by molar-refractivity contribution is 0.311. The third kappa shape index (κ3) is 4.60. The van der Waals surface area contributed by atoms with Crippen LogP contribution >= 0.6 is 0 Å². The molecule has 2 aliphatic carbocycles. The van der Waals surface area contributed by atoms with E-state index in [4.69, 9.17) is 9.26 Å². The van der Waals surface area contributed by atoms with Crippen molar-refractivity contribution in [1.29, 1.82) is 0 Å². The first-order chi connectivity index (χ1) is 17.0. The van der Waals surface area contributed by atoms with Crippen molar-refractivity contribution < 1.29 is 13.7 Å². The second-order valence-electron chi connectivity index (χ2n) is 9.80. The molecular weight excluding hydrogens is 447 g/mol. The fourth-order valence-corrected chi connectivity index (χ4v) is 4.80. The van der Waals surface area contributed by atoms with Crippen LogP contribution < -0.4 is 15.0 Å². The molecule has 3 heterocycles. The lowest BCUT2D eigenvalue weighted by Gasteiger charge is -2.33. The lowest BCUT2D eigenvalue weighted by atomic mass is 9.83. The maximum atomic E-state index is 14.7. The van der Waals surface area contributed by atoms with Gasteiger partial charge >= 0.3 is 6.01 Å². The monoisotopic (exact) mass is 476 g/mol. The lowest BCUT2D eigenvalue weighted by Crippen LogP contribution is -2.44. The zero-order valence-corrected chi connectivity index (χ0v) is 20.1. The van der Waals surface area contributed by atoms with Crippen molar-refractivity contribution in [2.24, 2.45) is 0 Å². The molecule has 2 fully saturated rings. The van der Waals surface area contributed by atoms with E-state index in [1.54, 1.807) is 0 Å². The van der Waals surface area contributed by atoms with Crippen molar-refractivity contribution in [2.75, 3.05) is 43.4 Å². The number of halogens is 1. The third-order valence-electron chi connectivity index (χ3n) is 7.09. The summed E-state index contributed by atoms with van der Waals surface area (Å²) >= 11 is 0. The van der Waals surface area contributed by atoms with Crippen LogP contribution in [-0.4, -0.2) is 53.3 Å². The molecule has 0 radical (unpaired) electrons. The Morgan fingerprint density at radius 2 is 1.91 bits per heavy atom. The normalized spacial score (nSPS) is 18.3. The summed E-state index contributed by atoms with van der Waals surface area (Å²) < 4.78 is 26.2. The van der Waals surface area contributed by atoms with E-state index < -0.39 is 0 Å². The van der Waals surface area contributed by atoms with Crippen molar-refractivity contribution in [3.63, 3.8) is 0 Å². The van der Waals surface area contributed by atoms with E-state index in [1.165, 1.54) is 12.5 Å². The first kappa shape index (κ1) is 22.0. The van der Waals surface area contributed by atoms with Gasteiger partial charge in [0, 0.05) is 50.3 Å². The Morgan fingerprint density at radius 1 is 1.09 bits per heavy atom. The van der Waals surface area contributed by atoms with Gasteiger partial charge in [-0.05, 0) is 50.4 Å². The van der Waals surface area contributed by atoms with Crippen LogP contribution in [0.3, 0.4) is 0 Å². The molecule has 6 rings (SSSR count). The molecule has 0 amide bonds. The Kier molecular flexibility index (Phi) is 5.64. The van der Waals surface area contributed by atoms with E-state index in [-0.39, 0.29) is 11.8 Å². The van der Waals surface area contributed by atoms with Gasteiger partial charge < -0.3 is 24.4 Å². The number of nitrogens with zero attached hydrogens (tertiary/aromatic N) is 5. The number of anilines is 3. The molecule has 0 spiro atoms. The predicted octanol–water partition coefficient (Wildman–Crippen LogP) is 5.12. The fraction of sp³-hybridized carbons (Fsp3) is 0.423. The summed E-state index contributed by atoms with van der Waals surface area (Å²) in [6, 6.07) is 7.23. The van der Waals surface area contributed by atoms with Gasteiger partial charge in [-0.2, -0.15) is 9.97 Å². The highest BCUT2D eigenvalue weighted by molar-refractivity contribution is 5.65. The minimum Gasteiger partial charge on any atom is -0.424 e. The van der Waals surface area contributed by atoms with Crippen molar-refractivity contribution in [3.8, 4) is 11.8 Å². The number of likely N-dealkylation sites (N-methyl/N-ethyl adjacent to an activating group) is 1. The van der Waals surface area contributed by atoms with Crippen LogP contribution in [0.2, 0.25) is 0 Å². The summed E-state index contributed by atoms with van der Waals surface area (Å²) in [5, 5.41) is 7.44. The van der Waals surface area contributed by atoms with Gasteiger partial charge in [-0.3, -0.25) is 0 Å². The number of ether oxygens (including phenoxy) is 1. The zero-order chi connectivity index (χ0) is 23.9. The van der Waals surface area contributed by atoms with Crippen molar-refractivity contribution in [1.82, 2.24) is 20.0 Å². The van der Waals surface area contributed by atoms with Crippen LogP contribution in [0.5, 0.6) is 11.8 Å². The van der Waals surface area contributed by atoms with Gasteiger partial charge in [0.1, 0.15) is 23.2 Å². The van der Waals surface area contributed by atoms with E-state index in [0.29, 0.717) is 35.4 Å². The molecule has 1 saturated carbocycles. The molecule has 8 nitrogen and oxygen atoms in total. The highest BCUT2D eigenvalue weighted by Gasteiger charge is 2.24. The SMILES string of the molecule is CC1=Cc2cc(Oc3nc(Nc4cc(C5CCC5)no4)cc(N4CCN(C)CC4)n3)cc(F)c2C1. The van der Waals surface area contributed by atoms with Gasteiger partial charge in [0.25, 0.3) is 0 Å². The number of piperazine rings is 1. The molecule has 3 aliphatic rings. The van der Waals surface area contributed by atoms with E-state index in [2.05, 4.69) is 37.3 Å². The maximum absolute atomic E-state index is 14.7. The highest BCUT2D eigenvalue weighted by Crippen LogP contribution is 2.37. The number of aromatic nitrogens is 3. The molecular formula is C26H29FN6O2. The molecule has 182 valence electrons. The Bertz CT molecular complexity index is 1280. The average Bonchev–Trinajstić information content (AvgIpc) is 3.39. The Balaban J connectivity index is 1.29. The molecule has 0 unspecified atom stereocenters. The van der Waals surface area contributed by atoms with Crippen LogP contribution in [0.15, 0.2) is 34.4 Å². The van der Waals surface area contributed by atoms with Crippen molar-refractivity contribution >= 4 is 23.6 Å². The van der Waals surface area contributed by atoms with Crippen LogP contribution in [0.4, 0.5) is 21.9 Å². The Morgan fingerprint density at radius 3 is 2.69 bits per heavy atom. The van der Waals surface area contributed by atoms with Crippen LogP contribution in [0.25, 0.3) is 6.08 Å². The predicted molar refractivity (Wildman–Crippen MR) is 132 cm³/mol. The van der Waals surface area contributed by atoms with Crippen molar-refractivity contribution in [2.45, 2.75) is 38.5 Å². The largest absolute Gasteiger partial charge is 0.424 e. The number of allylic oxidation sites excluding steroid dienone is 1. The zero-order valence-electron chi connectivity index (χ0n) is 20.1. The van der Waals surface area contributed by atoms with E-state index in [1.807, 2.05) is 31.2 Å². The van der Waals surface area contributed by atoms with Gasteiger partial charge in [-0.25, -0.2) is 4.39 Å². The standard InChI is InChI=1S/C26H29FN6O2/c1-16-10-18-12-19(13-21(27)20(18)11-16)34-26-29-23(15-24(30-26)33-8-6-32(2)7-9-33)28-25-14-22(31-35-25)17-4-3-5-17/h10,12-15,17H,3-9,11H2,1-2H3,(H,28,29,30). The van der Waals surface area contributed by atoms with E-state index in [9.17, 15) is 4.39 Å². The summed E-state index contributed by atoms with van der Waals surface area (Å²) in [5.41, 5.74) is 3.65. The summed E-state index contributed by atoms with van der Waals surface area (Å²) in [4.78, 5) is 13.7. The summed E-state index contributed by atoms with van der Waals surface area (Å²) in [5.74, 6) is 2.40. The van der Waals surface area contributed by atoms with Gasteiger partial charge in [0.2, 0.25) is 5.88 Å². The van der Waals surface area contributed by atoms with Gasteiger partial charge in [-0.1, -0.05) is 23.2 Å². The topological polar surface area (TPSA) is 79.5 Å². The molecule has 1 aliphatic heterocycles. The van der Waals surface area contributed by atoms with E-state index >= 15 is 0 Å². The molecule has 9 heteroatoms. The first-order valence-corrected chi connectivity index (χ1v) is 12.2. The smallest absolute Gasteiger partial charge is 0.325 e. The van der Waals surface area contributed by atoms with Gasteiger partial charge in [0.15, 0.2) is 0 Å². The van der Waals surface area contributed by atoms with Crippen LogP contribution in [-0.2, 0) is 6.42 Å². The fourth-order valence-electron chi connectivity index (χ4n) is 4.80. The molecule has 1 saturated heterocycles. The highest BCUT2D eigenvalue weighted by atomic mass is 19.1. The minimum atomic E-state index is -0.274. The number of nitrogens with one attached hydrogen (secondary N) is 1. The number of hydrogen-bond donors (Lipinski definition) is 1. The summed E-state index contributed by atoms with van der Waals surface area (Å²) in [7, 11) is 2.11. The maximum Gasteiger partial charge on any atom is 0.325 e. The number of fused-ring (bicyclic) bond motifs is 1. The third-order valence-corrected chi connectivity index (χ3v) is 7.09. The second-order valence-corrected chi connectivity index (χ2v) is 9.80. The molecule has 1 aromatic carbocycles. The number of benzene rings is 1. The number of hydrogen-bond acceptors (Lipinski definition) is 8. The molecule has 0 atom stereocenters. The van der Waals surface area contributed by atoms with Crippen molar-refractivity contribution in [3.05, 3.63) is 52.5 Å². The molecule has 1 N–H and O–H groups in total. The second kappa shape index (κ2) is 8.96. The summed E-state index contributed by atoms with van der Waals surface area (Å²) in [6.45, 7) is 5.58. The Hall–Kier alpha value is -3.46. The molecule has 3 aromatic rings. The summed E-state index contributed by atoms with van der Waals surface area (Å²) in [6.07, 6.45) is 6.16. The van der Waals surface area contributed by atoms with Gasteiger partial charge in [0.05, 0.1) is 5.69 Å². The van der Waals surface area contributed by atoms with Crippen LogP contribution in [0.1, 0.15) is 48.9 Å². The van der Waals surface area contributed by atoms with Gasteiger partial charge in [-0.15, -0.1) is 0 Å². The Labute approximate surface area is 203 Å². The van der Waals surface area contributed by atoms with Crippen LogP contribution in [0, 0.1) is 5.82 Å². The molecule has 0 bridgehead atoms. The minimum absolute atomic E-state index is 0.153. The number of rotatable bonds is 6. The molecule has 35 heavy (non-hydrogen) atoms. The van der Waals surface area contributed by atoms with E-state index in [0.717, 1.165) is 61.7 Å². The molecule has 2 aromatic heterocycles. The quantitative estimate of drug-likeness (QED) is 0.525. The average molecular weight is 477 g/mol. The first-order valence-electron chi connectivity index (χ1n) is 12.2.